The minimum Gasteiger partial charge on any atom is -0.467 e. The smallest absolute Gasteiger partial charge is 0.422 e. The first-order valence-electron chi connectivity index (χ1n) is 16.1. The number of hydrogen-bond donors (Lipinski definition) is 0. The molecule has 2 aromatic heterocycles. The fourth-order valence-corrected chi connectivity index (χ4v) is 6.72. The molecule has 0 N–H and O–H groups in total. The molecule has 0 radical (unpaired) electrons. The van der Waals surface area contributed by atoms with E-state index in [1.807, 2.05) is 4.90 Å². The summed E-state index contributed by atoms with van der Waals surface area (Å²) < 4.78 is 108. The van der Waals surface area contributed by atoms with Crippen molar-refractivity contribution < 1.29 is 50.1 Å². The average molecular weight is 708 g/mol. The second-order valence-electron chi connectivity index (χ2n) is 12.7. The third-order valence-electron chi connectivity index (χ3n) is 8.92. The fraction of sp³-hybridized carbons (Fsp3) is 0.471. The molecular weight excluding hydrogens is 672 g/mol. The zero-order chi connectivity index (χ0) is 36.0. The highest BCUT2D eigenvalue weighted by Crippen LogP contribution is 2.42. The number of benzene rings is 2. The number of carbonyl (C=O) groups is 1. The lowest BCUT2D eigenvalue weighted by molar-refractivity contribution is -0.153. The zero-order valence-corrected chi connectivity index (χ0v) is 27.7. The Morgan fingerprint density at radius 1 is 1.16 bits per heavy atom. The summed E-state index contributed by atoms with van der Waals surface area (Å²) in [5.74, 6) is -2.11. The highest BCUT2D eigenvalue weighted by Gasteiger charge is 2.49. The molecule has 16 heteroatoms. The summed E-state index contributed by atoms with van der Waals surface area (Å²) in [7, 11) is 2.99. The summed E-state index contributed by atoms with van der Waals surface area (Å²) in [6.45, 7) is 2.30. The summed E-state index contributed by atoms with van der Waals surface area (Å²) >= 11 is 0. The Bertz CT molecular complexity index is 1930. The highest BCUT2D eigenvalue weighted by atomic mass is 19.4. The van der Waals surface area contributed by atoms with Crippen molar-refractivity contribution in [2.75, 3.05) is 40.4 Å². The Labute approximate surface area is 283 Å². The van der Waals surface area contributed by atoms with Crippen LogP contribution in [0, 0.1) is 11.6 Å². The first kappa shape index (κ1) is 35.2. The molecule has 10 nitrogen and oxygen atoms in total. The first-order chi connectivity index (χ1) is 23.7. The first-order valence-corrected chi connectivity index (χ1v) is 16.1. The molecule has 0 bridgehead atoms. The van der Waals surface area contributed by atoms with Crippen molar-refractivity contribution in [3.05, 3.63) is 47.7 Å². The van der Waals surface area contributed by atoms with Gasteiger partial charge in [0, 0.05) is 45.7 Å². The number of ether oxygens (including phenoxy) is 4. The van der Waals surface area contributed by atoms with E-state index >= 15 is 8.78 Å². The molecule has 4 heterocycles. The van der Waals surface area contributed by atoms with E-state index in [1.165, 1.54) is 44.1 Å². The maximum Gasteiger partial charge on any atom is 0.422 e. The number of rotatable bonds is 10. The maximum atomic E-state index is 16.8. The highest BCUT2D eigenvalue weighted by molar-refractivity contribution is 6.01. The van der Waals surface area contributed by atoms with Gasteiger partial charge in [-0.3, -0.25) is 9.88 Å². The quantitative estimate of drug-likeness (QED) is 0.127. The molecule has 6 rings (SSSR count). The van der Waals surface area contributed by atoms with Crippen LogP contribution in [0.2, 0.25) is 0 Å². The molecule has 2 aromatic carbocycles. The minimum atomic E-state index is -4.74. The Kier molecular flexibility index (Phi) is 9.59. The van der Waals surface area contributed by atoms with Gasteiger partial charge in [-0.25, -0.2) is 18.0 Å². The van der Waals surface area contributed by atoms with Crippen LogP contribution in [0.1, 0.15) is 38.7 Å². The summed E-state index contributed by atoms with van der Waals surface area (Å²) in [4.78, 5) is 27.8. The van der Waals surface area contributed by atoms with Crippen LogP contribution in [0.3, 0.4) is 0 Å². The van der Waals surface area contributed by atoms with Gasteiger partial charge in [-0.2, -0.15) is 23.1 Å². The average Bonchev–Trinajstić information content (AvgIpc) is 3.58. The van der Waals surface area contributed by atoms with Gasteiger partial charge in [-0.05, 0) is 60.3 Å². The predicted molar refractivity (Wildman–Crippen MR) is 170 cm³/mol. The third kappa shape index (κ3) is 7.02. The predicted octanol–water partition coefficient (Wildman–Crippen LogP) is 7.00. The molecule has 0 aliphatic carbocycles. The van der Waals surface area contributed by atoms with E-state index in [0.29, 0.717) is 23.7 Å². The molecule has 2 saturated heterocycles. The van der Waals surface area contributed by atoms with Gasteiger partial charge >= 0.3 is 18.3 Å². The molecule has 268 valence electrons. The van der Waals surface area contributed by atoms with Crippen LogP contribution in [0.15, 0.2) is 30.5 Å². The number of hydrogen-bond acceptors (Lipinski definition) is 9. The van der Waals surface area contributed by atoms with Crippen LogP contribution >= 0.6 is 0 Å². The molecule has 0 spiro atoms. The third-order valence-corrected chi connectivity index (χ3v) is 8.92. The normalized spacial score (nSPS) is 19.8. The van der Waals surface area contributed by atoms with Gasteiger partial charge in [-0.15, -0.1) is 0 Å². The second kappa shape index (κ2) is 13.6. The Balaban J connectivity index is 1.47. The van der Waals surface area contributed by atoms with Crippen molar-refractivity contribution in [3.63, 3.8) is 0 Å². The fourth-order valence-electron chi connectivity index (χ4n) is 6.72. The van der Waals surface area contributed by atoms with Crippen LogP contribution in [0.4, 0.5) is 31.1 Å². The zero-order valence-electron chi connectivity index (χ0n) is 27.7. The van der Waals surface area contributed by atoms with Gasteiger partial charge in [-0.1, -0.05) is 13.0 Å². The van der Waals surface area contributed by atoms with Crippen molar-refractivity contribution in [1.29, 1.82) is 0 Å². The molecule has 1 amide bonds. The largest absolute Gasteiger partial charge is 0.467 e. The van der Waals surface area contributed by atoms with Crippen LogP contribution in [0.5, 0.6) is 17.6 Å². The molecule has 4 aromatic rings. The second-order valence-corrected chi connectivity index (χ2v) is 12.7. The number of amides is 1. The number of aryl methyl sites for hydroxylation is 1. The minimum absolute atomic E-state index is 0.0725. The van der Waals surface area contributed by atoms with Crippen molar-refractivity contribution >= 4 is 27.8 Å². The van der Waals surface area contributed by atoms with E-state index in [4.69, 9.17) is 18.9 Å². The molecule has 3 atom stereocenters. The van der Waals surface area contributed by atoms with E-state index in [0.717, 1.165) is 12.6 Å². The van der Waals surface area contributed by atoms with Gasteiger partial charge in [0.2, 0.25) is 12.2 Å². The molecule has 50 heavy (non-hydrogen) atoms. The van der Waals surface area contributed by atoms with E-state index in [1.54, 1.807) is 13.0 Å². The molecular formula is C34H35F6N5O5. The number of fused-ring (bicyclic) bond motifs is 3. The summed E-state index contributed by atoms with van der Waals surface area (Å²) in [6, 6.07) is 5.25. The SMILES string of the molecule is CCc1c(F)ccc2cc(OC(C)OC(=O)N(C)C)cc(-c3ncc4c(OCC(F)(F)F)nc(OC[C@@]56CCCN5C[C@H](F)C6)nc4c3F)c12. The number of carbonyl (C=O) groups excluding carboxylic acids is 1. The standard InChI is InChI=1S/C34H35F6N5O5/c1-5-22-25(36)8-7-19-11-21(49-18(2)50-32(46)44(3)4)12-23(26(19)22)28-27(37)29-24(14-41-28)30(47-17-34(38,39)40)43-31(42-29)48-16-33-9-6-10-45(33)15-20(35)13-33/h7-8,11-12,14,18,20H,5-6,9-10,13,15-17H2,1-4H3/t18?,20-,33+/m1/s1. The Morgan fingerprint density at radius 2 is 1.94 bits per heavy atom. The number of nitrogens with zero attached hydrogens (tertiary/aromatic N) is 5. The van der Waals surface area contributed by atoms with E-state index in [-0.39, 0.29) is 53.9 Å². The van der Waals surface area contributed by atoms with E-state index in [2.05, 4.69) is 15.0 Å². The molecule has 2 aliphatic rings. The lowest BCUT2D eigenvalue weighted by atomic mass is 9.94. The summed E-state index contributed by atoms with van der Waals surface area (Å²) in [6.07, 6.45) is -4.63. The van der Waals surface area contributed by atoms with Crippen molar-refractivity contribution in [2.45, 2.75) is 63.7 Å². The number of halogens is 6. The van der Waals surface area contributed by atoms with Gasteiger partial charge in [0.1, 0.15) is 35.6 Å². The summed E-state index contributed by atoms with van der Waals surface area (Å²) in [5, 5.41) is 0.494. The molecule has 2 aliphatic heterocycles. The summed E-state index contributed by atoms with van der Waals surface area (Å²) in [5.41, 5.74) is -1.10. The number of aromatic nitrogens is 3. The molecule has 0 saturated carbocycles. The Hall–Kier alpha value is -4.60. The number of pyridine rings is 1. The number of alkyl halides is 4. The molecule has 1 unspecified atom stereocenters. The van der Waals surface area contributed by atoms with E-state index < -0.39 is 65.9 Å². The van der Waals surface area contributed by atoms with Crippen molar-refractivity contribution in [1.82, 2.24) is 24.8 Å². The topological polar surface area (TPSA) is 99.1 Å². The Morgan fingerprint density at radius 3 is 2.66 bits per heavy atom. The lowest BCUT2D eigenvalue weighted by Crippen LogP contribution is -2.43. The lowest BCUT2D eigenvalue weighted by Gasteiger charge is -2.30. The van der Waals surface area contributed by atoms with Crippen molar-refractivity contribution in [2.24, 2.45) is 0 Å². The monoisotopic (exact) mass is 707 g/mol. The molecule has 2 fully saturated rings. The van der Waals surface area contributed by atoms with Crippen molar-refractivity contribution in [3.8, 4) is 28.9 Å². The van der Waals surface area contributed by atoms with E-state index in [9.17, 15) is 22.4 Å². The van der Waals surface area contributed by atoms with Gasteiger partial charge in [0.25, 0.3) is 0 Å². The van der Waals surface area contributed by atoms with Gasteiger partial charge < -0.3 is 23.8 Å². The van der Waals surface area contributed by atoms with Crippen LogP contribution < -0.4 is 14.2 Å². The van der Waals surface area contributed by atoms with Crippen LogP contribution in [0.25, 0.3) is 32.9 Å². The van der Waals surface area contributed by atoms with Gasteiger partial charge in [0.05, 0.1) is 10.9 Å². The van der Waals surface area contributed by atoms with Gasteiger partial charge in [0.15, 0.2) is 12.4 Å². The van der Waals surface area contributed by atoms with Crippen LogP contribution in [-0.4, -0.2) is 95.4 Å². The van der Waals surface area contributed by atoms with Crippen LogP contribution in [-0.2, 0) is 11.2 Å². The maximum absolute atomic E-state index is 16.8.